The number of aromatic amines is 1. The first-order valence-electron chi connectivity index (χ1n) is 8.19. The molecule has 1 aromatic carbocycles. The van der Waals surface area contributed by atoms with Gasteiger partial charge in [0, 0.05) is 23.1 Å². The van der Waals surface area contributed by atoms with Gasteiger partial charge in [-0.25, -0.2) is 0 Å². The Morgan fingerprint density at radius 3 is 2.85 bits per heavy atom. The number of carbonyl (C=O) groups excluding carboxylic acids is 1. The first-order valence-corrected chi connectivity index (χ1v) is 8.19. The summed E-state index contributed by atoms with van der Waals surface area (Å²) in [5.41, 5.74) is 3.56. The molecule has 1 unspecified atom stereocenters. The molecule has 3 aromatic rings. The van der Waals surface area contributed by atoms with Crippen LogP contribution in [-0.4, -0.2) is 22.5 Å². The van der Waals surface area contributed by atoms with Crippen molar-refractivity contribution in [3.8, 4) is 17.3 Å². The van der Waals surface area contributed by atoms with Gasteiger partial charge >= 0.3 is 0 Å². The molecule has 26 heavy (non-hydrogen) atoms. The maximum Gasteiger partial charge on any atom is 0.250 e. The van der Waals surface area contributed by atoms with Crippen LogP contribution in [0.25, 0.3) is 11.3 Å². The minimum absolute atomic E-state index is 0.0574. The van der Waals surface area contributed by atoms with E-state index in [1.807, 2.05) is 49.4 Å². The van der Waals surface area contributed by atoms with E-state index in [0.29, 0.717) is 11.4 Å². The maximum atomic E-state index is 12.1. The highest BCUT2D eigenvalue weighted by atomic mass is 16.5. The summed E-state index contributed by atoms with van der Waals surface area (Å²) in [5.74, 6) is -0.203. The van der Waals surface area contributed by atoms with Gasteiger partial charge in [-0.05, 0) is 48.9 Å². The number of nitrogens with zero attached hydrogens (tertiary/aromatic N) is 2. The summed E-state index contributed by atoms with van der Waals surface area (Å²) in [6.45, 7) is 1.85. The van der Waals surface area contributed by atoms with Crippen LogP contribution in [0.1, 0.15) is 23.9 Å². The number of H-pyrrole nitrogens is 1. The van der Waals surface area contributed by atoms with Crippen LogP contribution in [0.3, 0.4) is 0 Å². The molecule has 2 aromatic heterocycles. The Morgan fingerprint density at radius 1 is 1.23 bits per heavy atom. The summed E-state index contributed by atoms with van der Waals surface area (Å²) in [6.07, 6.45) is 1.71. The molecule has 1 atom stereocenters. The summed E-state index contributed by atoms with van der Waals surface area (Å²) >= 11 is 0. The van der Waals surface area contributed by atoms with E-state index in [1.54, 1.807) is 12.3 Å². The average Bonchev–Trinajstić information content (AvgIpc) is 3.11. The van der Waals surface area contributed by atoms with E-state index in [1.165, 1.54) is 0 Å². The molecule has 0 spiro atoms. The third-order valence-electron chi connectivity index (χ3n) is 4.57. The van der Waals surface area contributed by atoms with Crippen molar-refractivity contribution in [2.45, 2.75) is 12.5 Å². The Kier molecular flexibility index (Phi) is 3.79. The van der Waals surface area contributed by atoms with Gasteiger partial charge in [0.05, 0.1) is 5.69 Å². The van der Waals surface area contributed by atoms with Crippen LogP contribution >= 0.6 is 0 Å². The summed E-state index contributed by atoms with van der Waals surface area (Å²) < 4.78 is 6.00. The maximum absolute atomic E-state index is 12.1. The highest BCUT2D eigenvalue weighted by Gasteiger charge is 2.37. The molecular weight excluding hydrogens is 328 g/mol. The number of nitrogens with one attached hydrogen (secondary N) is 2. The quantitative estimate of drug-likeness (QED) is 0.747. The number of fused-ring (bicyclic) bond motifs is 1. The van der Waals surface area contributed by atoms with Gasteiger partial charge < -0.3 is 15.0 Å². The largest absolute Gasteiger partial charge is 0.354 e. The van der Waals surface area contributed by atoms with Gasteiger partial charge in [-0.2, -0.15) is 5.26 Å². The number of anilines is 1. The smallest absolute Gasteiger partial charge is 0.250 e. The van der Waals surface area contributed by atoms with Crippen molar-refractivity contribution in [1.29, 1.82) is 5.26 Å². The van der Waals surface area contributed by atoms with E-state index in [-0.39, 0.29) is 12.5 Å². The number of nitriles is 1. The summed E-state index contributed by atoms with van der Waals surface area (Å²) in [5, 5.41) is 11.9. The molecule has 6 heteroatoms. The Hall–Kier alpha value is -3.43. The highest BCUT2D eigenvalue weighted by molar-refractivity contribution is 5.94. The van der Waals surface area contributed by atoms with Crippen molar-refractivity contribution in [2.75, 3.05) is 11.9 Å². The normalized spacial score (nSPS) is 19.2. The summed E-state index contributed by atoms with van der Waals surface area (Å²) in [6, 6.07) is 17.0. The molecule has 128 valence electrons. The van der Waals surface area contributed by atoms with Gasteiger partial charge in [0.15, 0.2) is 0 Å². The fourth-order valence-electron chi connectivity index (χ4n) is 3.17. The fraction of sp³-hybridized carbons (Fsp3) is 0.150. The monoisotopic (exact) mass is 344 g/mol. The molecule has 3 heterocycles. The molecule has 0 fully saturated rings. The number of aromatic nitrogens is 2. The number of hydrogen-bond acceptors (Lipinski definition) is 4. The number of ether oxygens (including phenoxy) is 1. The lowest BCUT2D eigenvalue weighted by atomic mass is 9.88. The molecule has 0 bridgehead atoms. The second kappa shape index (κ2) is 6.14. The topological polar surface area (TPSA) is 90.8 Å². The van der Waals surface area contributed by atoms with E-state index in [4.69, 9.17) is 10.00 Å². The third kappa shape index (κ3) is 2.65. The van der Waals surface area contributed by atoms with Gasteiger partial charge in [0.2, 0.25) is 5.91 Å². The molecular formula is C20H16N4O2. The number of carbonyl (C=O) groups is 1. The van der Waals surface area contributed by atoms with Crippen LogP contribution in [0, 0.1) is 11.3 Å². The van der Waals surface area contributed by atoms with Crippen LogP contribution in [0.2, 0.25) is 0 Å². The Balaban J connectivity index is 1.89. The fourth-order valence-corrected chi connectivity index (χ4v) is 3.17. The second-order valence-corrected chi connectivity index (χ2v) is 6.24. The van der Waals surface area contributed by atoms with E-state index >= 15 is 0 Å². The molecule has 4 rings (SSSR count). The molecule has 1 aliphatic heterocycles. The van der Waals surface area contributed by atoms with E-state index in [9.17, 15) is 4.79 Å². The number of hydrogen-bond donors (Lipinski definition) is 2. The molecule has 1 amide bonds. The standard InChI is InChI=1S/C20H16N4O2/c1-20(18-4-2-3-9-22-18)15-10-13(16-8-6-14(11-21)23-16)5-7-17(15)24-19(25)12-26-20/h2-10,23H,12H2,1H3,(H,24,25). The van der Waals surface area contributed by atoms with Gasteiger partial charge in [-0.3, -0.25) is 9.78 Å². The molecule has 0 aliphatic carbocycles. The van der Waals surface area contributed by atoms with Crippen LogP contribution in [0.15, 0.2) is 54.7 Å². The van der Waals surface area contributed by atoms with Crippen molar-refractivity contribution in [3.05, 3.63) is 71.7 Å². The third-order valence-corrected chi connectivity index (χ3v) is 4.57. The van der Waals surface area contributed by atoms with Crippen LogP contribution in [0.4, 0.5) is 5.69 Å². The molecule has 0 saturated carbocycles. The lowest BCUT2D eigenvalue weighted by Crippen LogP contribution is -2.29. The molecule has 0 radical (unpaired) electrons. The predicted molar refractivity (Wildman–Crippen MR) is 96.2 cm³/mol. The van der Waals surface area contributed by atoms with Gasteiger partial charge in [0.25, 0.3) is 0 Å². The van der Waals surface area contributed by atoms with Crippen molar-refractivity contribution in [2.24, 2.45) is 0 Å². The zero-order valence-corrected chi connectivity index (χ0v) is 14.1. The number of pyridine rings is 1. The zero-order valence-electron chi connectivity index (χ0n) is 14.1. The SMILES string of the molecule is CC1(c2ccccn2)OCC(=O)Nc2ccc(-c3ccc(C#N)[nH]3)cc21. The Morgan fingerprint density at radius 2 is 2.12 bits per heavy atom. The number of rotatable bonds is 2. The van der Waals surface area contributed by atoms with Crippen LogP contribution in [0.5, 0.6) is 0 Å². The lowest BCUT2D eigenvalue weighted by Gasteiger charge is -2.29. The van der Waals surface area contributed by atoms with Crippen molar-refractivity contribution < 1.29 is 9.53 Å². The van der Waals surface area contributed by atoms with Crippen molar-refractivity contribution in [1.82, 2.24) is 9.97 Å². The van der Waals surface area contributed by atoms with Gasteiger partial charge in [0.1, 0.15) is 24.0 Å². The molecule has 1 aliphatic rings. The first kappa shape index (κ1) is 16.1. The summed E-state index contributed by atoms with van der Waals surface area (Å²) in [4.78, 5) is 19.6. The lowest BCUT2D eigenvalue weighted by molar-refractivity contribution is -0.124. The zero-order chi connectivity index (χ0) is 18.1. The predicted octanol–water partition coefficient (Wildman–Crippen LogP) is 3.18. The summed E-state index contributed by atoms with van der Waals surface area (Å²) in [7, 11) is 0. The van der Waals surface area contributed by atoms with E-state index in [2.05, 4.69) is 21.4 Å². The van der Waals surface area contributed by atoms with Gasteiger partial charge in [-0.15, -0.1) is 0 Å². The van der Waals surface area contributed by atoms with E-state index in [0.717, 1.165) is 22.5 Å². The average molecular weight is 344 g/mol. The molecule has 2 N–H and O–H groups in total. The second-order valence-electron chi connectivity index (χ2n) is 6.24. The van der Waals surface area contributed by atoms with Crippen molar-refractivity contribution >= 4 is 11.6 Å². The number of amides is 1. The number of benzene rings is 1. The van der Waals surface area contributed by atoms with Crippen molar-refractivity contribution in [3.63, 3.8) is 0 Å². The van der Waals surface area contributed by atoms with Gasteiger partial charge in [-0.1, -0.05) is 12.1 Å². The van der Waals surface area contributed by atoms with Crippen LogP contribution < -0.4 is 5.32 Å². The minimum Gasteiger partial charge on any atom is -0.354 e. The Labute approximate surface area is 150 Å². The first-order chi connectivity index (χ1) is 12.6. The van der Waals surface area contributed by atoms with E-state index < -0.39 is 5.60 Å². The highest BCUT2D eigenvalue weighted by Crippen LogP contribution is 2.40. The Bertz CT molecular complexity index is 1020. The molecule has 0 saturated heterocycles. The molecule has 6 nitrogen and oxygen atoms in total. The minimum atomic E-state index is -0.879. The van der Waals surface area contributed by atoms with Crippen LogP contribution in [-0.2, 0) is 15.1 Å².